The molecule has 2 aromatic carbocycles. The minimum Gasteiger partial charge on any atom is -0.355 e. The summed E-state index contributed by atoms with van der Waals surface area (Å²) in [7, 11) is 0. The van der Waals surface area contributed by atoms with Gasteiger partial charge < -0.3 is 5.32 Å². The number of carbonyl (C=O) groups is 2. The van der Waals surface area contributed by atoms with Crippen molar-refractivity contribution in [1.82, 2.24) is 5.32 Å². The highest BCUT2D eigenvalue weighted by Gasteiger charge is 2.44. The van der Waals surface area contributed by atoms with Gasteiger partial charge in [0.1, 0.15) is 0 Å². The molecular weight excluding hydrogens is 310 g/mol. The molecule has 0 radical (unpaired) electrons. The molecule has 0 heterocycles. The zero-order valence-corrected chi connectivity index (χ0v) is 14.8. The number of carbonyl (C=O) groups excluding carboxylic acids is 2. The predicted octanol–water partition coefficient (Wildman–Crippen LogP) is 4.06. The second kappa shape index (κ2) is 7.64. The SMILES string of the molecule is CCc1ccc(C(=O)CCC(=O)NCC2(c3ccccc3)CC2)cc1. The van der Waals surface area contributed by atoms with Crippen molar-refractivity contribution in [2.45, 2.75) is 44.4 Å². The number of Topliss-reactive ketones (excluding diaryl/α,β-unsaturated/α-hetero) is 1. The average Bonchev–Trinajstić information content (AvgIpc) is 3.46. The molecule has 25 heavy (non-hydrogen) atoms. The van der Waals surface area contributed by atoms with E-state index in [-0.39, 0.29) is 29.9 Å². The van der Waals surface area contributed by atoms with Crippen LogP contribution < -0.4 is 5.32 Å². The molecule has 1 N–H and O–H groups in total. The summed E-state index contributed by atoms with van der Waals surface area (Å²) in [6.07, 6.45) is 3.69. The van der Waals surface area contributed by atoms with Gasteiger partial charge in [-0.15, -0.1) is 0 Å². The molecular formula is C22H25NO2. The Bertz CT molecular complexity index is 730. The Morgan fingerprint density at radius 2 is 1.64 bits per heavy atom. The van der Waals surface area contributed by atoms with Crippen molar-refractivity contribution in [2.75, 3.05) is 6.54 Å². The second-order valence-corrected chi connectivity index (χ2v) is 6.90. The molecule has 0 aromatic heterocycles. The lowest BCUT2D eigenvalue weighted by Crippen LogP contribution is -2.32. The van der Waals surface area contributed by atoms with Crippen LogP contribution in [0, 0.1) is 0 Å². The molecule has 1 aliphatic rings. The van der Waals surface area contributed by atoms with E-state index in [1.807, 2.05) is 42.5 Å². The highest BCUT2D eigenvalue weighted by molar-refractivity contribution is 5.97. The topological polar surface area (TPSA) is 46.2 Å². The van der Waals surface area contributed by atoms with Crippen molar-refractivity contribution in [2.24, 2.45) is 0 Å². The van der Waals surface area contributed by atoms with Crippen LogP contribution in [-0.4, -0.2) is 18.2 Å². The first-order chi connectivity index (χ1) is 12.1. The smallest absolute Gasteiger partial charge is 0.220 e. The van der Waals surface area contributed by atoms with Gasteiger partial charge in [0.15, 0.2) is 5.78 Å². The number of aryl methyl sites for hydroxylation is 1. The normalized spacial score (nSPS) is 14.8. The molecule has 3 heteroatoms. The number of hydrogen-bond donors (Lipinski definition) is 1. The first-order valence-corrected chi connectivity index (χ1v) is 9.07. The monoisotopic (exact) mass is 335 g/mol. The standard InChI is InChI=1S/C22H25NO2/c1-2-17-8-10-18(11-9-17)20(24)12-13-21(25)23-16-22(14-15-22)19-6-4-3-5-7-19/h3-11H,2,12-16H2,1H3,(H,23,25). The summed E-state index contributed by atoms with van der Waals surface area (Å²) in [6.45, 7) is 2.75. The van der Waals surface area contributed by atoms with Gasteiger partial charge >= 0.3 is 0 Å². The van der Waals surface area contributed by atoms with Crippen molar-refractivity contribution in [3.63, 3.8) is 0 Å². The molecule has 0 unspecified atom stereocenters. The van der Waals surface area contributed by atoms with E-state index in [4.69, 9.17) is 0 Å². The van der Waals surface area contributed by atoms with Gasteiger partial charge in [-0.2, -0.15) is 0 Å². The predicted molar refractivity (Wildman–Crippen MR) is 99.7 cm³/mol. The molecule has 3 nitrogen and oxygen atoms in total. The van der Waals surface area contributed by atoms with Crippen LogP contribution >= 0.6 is 0 Å². The van der Waals surface area contributed by atoms with Gasteiger partial charge in [0.25, 0.3) is 0 Å². The maximum Gasteiger partial charge on any atom is 0.220 e. The highest BCUT2D eigenvalue weighted by atomic mass is 16.2. The number of benzene rings is 2. The molecule has 1 aliphatic carbocycles. The van der Waals surface area contributed by atoms with Crippen LogP contribution in [0.2, 0.25) is 0 Å². The maximum absolute atomic E-state index is 12.2. The fraction of sp³-hybridized carbons (Fsp3) is 0.364. The van der Waals surface area contributed by atoms with Crippen LogP contribution in [0.25, 0.3) is 0 Å². The third kappa shape index (κ3) is 4.36. The minimum atomic E-state index is -0.0410. The Hall–Kier alpha value is -2.42. The summed E-state index contributed by atoms with van der Waals surface area (Å²) in [5, 5.41) is 3.02. The van der Waals surface area contributed by atoms with Gasteiger partial charge in [-0.3, -0.25) is 9.59 Å². The van der Waals surface area contributed by atoms with E-state index in [1.54, 1.807) is 0 Å². The van der Waals surface area contributed by atoms with Crippen molar-refractivity contribution < 1.29 is 9.59 Å². The van der Waals surface area contributed by atoms with Crippen molar-refractivity contribution >= 4 is 11.7 Å². The Balaban J connectivity index is 1.46. The van der Waals surface area contributed by atoms with Crippen LogP contribution in [0.4, 0.5) is 0 Å². The van der Waals surface area contributed by atoms with Crippen LogP contribution in [0.5, 0.6) is 0 Å². The molecule has 0 spiro atoms. The molecule has 0 saturated heterocycles. The number of hydrogen-bond acceptors (Lipinski definition) is 2. The lowest BCUT2D eigenvalue weighted by Gasteiger charge is -2.16. The Kier molecular flexibility index (Phi) is 5.32. The lowest BCUT2D eigenvalue weighted by molar-refractivity contribution is -0.121. The molecule has 2 aromatic rings. The van der Waals surface area contributed by atoms with E-state index in [1.165, 1.54) is 11.1 Å². The highest BCUT2D eigenvalue weighted by Crippen LogP contribution is 2.47. The van der Waals surface area contributed by atoms with Gasteiger partial charge in [0.2, 0.25) is 5.91 Å². The van der Waals surface area contributed by atoms with Crippen LogP contribution in [0.15, 0.2) is 54.6 Å². The summed E-state index contributed by atoms with van der Waals surface area (Å²) in [5.41, 5.74) is 3.30. The zero-order chi connectivity index (χ0) is 17.7. The number of rotatable bonds is 8. The molecule has 1 saturated carbocycles. The molecule has 1 amide bonds. The summed E-state index contributed by atoms with van der Waals surface area (Å²) in [4.78, 5) is 24.3. The summed E-state index contributed by atoms with van der Waals surface area (Å²) in [6, 6.07) is 18.0. The largest absolute Gasteiger partial charge is 0.355 e. The van der Waals surface area contributed by atoms with Gasteiger partial charge in [0.05, 0.1) is 0 Å². The Labute approximate surface area is 149 Å². The van der Waals surface area contributed by atoms with Gasteiger partial charge in [0, 0.05) is 30.4 Å². The fourth-order valence-corrected chi connectivity index (χ4v) is 3.16. The number of ketones is 1. The molecule has 0 aliphatic heterocycles. The average molecular weight is 335 g/mol. The molecule has 0 atom stereocenters. The van der Waals surface area contributed by atoms with Gasteiger partial charge in [-0.1, -0.05) is 61.5 Å². The molecule has 1 fully saturated rings. The van der Waals surface area contributed by atoms with Crippen LogP contribution in [-0.2, 0) is 16.6 Å². The number of amides is 1. The van der Waals surface area contributed by atoms with Crippen molar-refractivity contribution in [3.8, 4) is 0 Å². The first kappa shape index (κ1) is 17.4. The fourth-order valence-electron chi connectivity index (χ4n) is 3.16. The van der Waals surface area contributed by atoms with Crippen molar-refractivity contribution in [3.05, 3.63) is 71.3 Å². The van der Waals surface area contributed by atoms with Crippen LogP contribution in [0.1, 0.15) is 54.1 Å². The van der Waals surface area contributed by atoms with E-state index in [0.29, 0.717) is 12.1 Å². The van der Waals surface area contributed by atoms with E-state index in [2.05, 4.69) is 24.4 Å². The third-order valence-corrected chi connectivity index (χ3v) is 5.13. The van der Waals surface area contributed by atoms with Crippen molar-refractivity contribution in [1.29, 1.82) is 0 Å². The minimum absolute atomic E-state index is 0.0296. The quantitative estimate of drug-likeness (QED) is 0.740. The Morgan fingerprint density at radius 1 is 0.960 bits per heavy atom. The molecule has 3 rings (SSSR count). The zero-order valence-electron chi connectivity index (χ0n) is 14.8. The molecule has 0 bridgehead atoms. The third-order valence-electron chi connectivity index (χ3n) is 5.13. The second-order valence-electron chi connectivity index (χ2n) is 6.90. The molecule has 130 valence electrons. The summed E-state index contributed by atoms with van der Waals surface area (Å²) < 4.78 is 0. The van der Waals surface area contributed by atoms with Gasteiger partial charge in [-0.05, 0) is 30.4 Å². The van der Waals surface area contributed by atoms with E-state index < -0.39 is 0 Å². The first-order valence-electron chi connectivity index (χ1n) is 9.07. The maximum atomic E-state index is 12.2. The summed E-state index contributed by atoms with van der Waals surface area (Å²) >= 11 is 0. The summed E-state index contributed by atoms with van der Waals surface area (Å²) in [5.74, 6) is -0.0114. The number of nitrogens with one attached hydrogen (secondary N) is 1. The lowest BCUT2D eigenvalue weighted by atomic mass is 9.96. The van der Waals surface area contributed by atoms with Crippen LogP contribution in [0.3, 0.4) is 0 Å². The van der Waals surface area contributed by atoms with E-state index in [9.17, 15) is 9.59 Å². The Morgan fingerprint density at radius 3 is 2.24 bits per heavy atom. The van der Waals surface area contributed by atoms with Gasteiger partial charge in [-0.25, -0.2) is 0 Å². The van der Waals surface area contributed by atoms with E-state index in [0.717, 1.165) is 19.3 Å². The van der Waals surface area contributed by atoms with E-state index >= 15 is 0 Å².